The molecule has 2 atom stereocenters. The number of piperidine rings is 2. The van der Waals surface area contributed by atoms with Crippen molar-refractivity contribution in [3.8, 4) is 0 Å². The van der Waals surface area contributed by atoms with Gasteiger partial charge in [-0.25, -0.2) is 0 Å². The van der Waals surface area contributed by atoms with Gasteiger partial charge in [0.25, 0.3) is 5.91 Å². The number of nitrogens with zero attached hydrogens (tertiary/aromatic N) is 2. The largest absolute Gasteiger partial charge is 0.342 e. The number of hydrogen-bond donors (Lipinski definition) is 1. The van der Waals surface area contributed by atoms with Gasteiger partial charge in [-0.1, -0.05) is 25.4 Å². The van der Waals surface area contributed by atoms with Gasteiger partial charge in [-0.3, -0.25) is 9.59 Å². The van der Waals surface area contributed by atoms with Crippen LogP contribution in [0.25, 0.3) is 0 Å². The lowest BCUT2D eigenvalue weighted by Gasteiger charge is -2.44. The number of hydrogen-bond acceptors (Lipinski definition) is 3. The van der Waals surface area contributed by atoms with Crippen molar-refractivity contribution in [2.45, 2.75) is 39.2 Å². The second kappa shape index (κ2) is 8.80. The molecule has 2 aliphatic heterocycles. The van der Waals surface area contributed by atoms with Crippen molar-refractivity contribution in [2.75, 3.05) is 26.2 Å². The van der Waals surface area contributed by atoms with E-state index in [-0.39, 0.29) is 41.6 Å². The van der Waals surface area contributed by atoms with Crippen LogP contribution in [0.5, 0.6) is 0 Å². The Balaban J connectivity index is 0.00000261. The van der Waals surface area contributed by atoms with Gasteiger partial charge in [-0.15, -0.1) is 12.4 Å². The fourth-order valence-corrected chi connectivity index (χ4v) is 4.08. The molecule has 2 saturated heterocycles. The Morgan fingerprint density at radius 1 is 1.11 bits per heavy atom. The number of rotatable bonds is 2. The van der Waals surface area contributed by atoms with E-state index in [1.165, 1.54) is 0 Å². The molecule has 2 aliphatic rings. The third-order valence-corrected chi connectivity index (χ3v) is 6.02. The highest BCUT2D eigenvalue weighted by Crippen LogP contribution is 2.30. The monoisotopic (exact) mass is 413 g/mol. The fraction of sp³-hybridized carbons (Fsp3) is 0.600. The highest BCUT2D eigenvalue weighted by atomic mass is 35.5. The van der Waals surface area contributed by atoms with Crippen LogP contribution in [-0.4, -0.2) is 53.8 Å². The summed E-state index contributed by atoms with van der Waals surface area (Å²) in [4.78, 5) is 29.5. The first kappa shape index (κ1) is 22.0. The molecule has 2 amide bonds. The highest BCUT2D eigenvalue weighted by molar-refractivity contribution is 6.30. The number of amides is 2. The summed E-state index contributed by atoms with van der Waals surface area (Å²) in [6.07, 6.45) is 2.53. The maximum Gasteiger partial charge on any atom is 0.253 e. The number of likely N-dealkylation sites (tertiary alicyclic amines) is 2. The molecule has 2 fully saturated rings. The first-order chi connectivity index (χ1) is 12.3. The summed E-state index contributed by atoms with van der Waals surface area (Å²) in [7, 11) is 0. The van der Waals surface area contributed by atoms with E-state index < -0.39 is 0 Å². The van der Waals surface area contributed by atoms with E-state index in [4.69, 9.17) is 17.3 Å². The van der Waals surface area contributed by atoms with E-state index in [0.717, 1.165) is 19.3 Å². The number of benzene rings is 1. The predicted octanol–water partition coefficient (Wildman–Crippen LogP) is 3.20. The SMILES string of the molecule is CC1(C)CN(C(=O)C2CCCN(C(=O)c3ccc(Cl)cc3)C2)CCC1N.Cl. The molecule has 1 aromatic carbocycles. The molecule has 2 heterocycles. The van der Waals surface area contributed by atoms with Crippen molar-refractivity contribution >= 4 is 35.8 Å². The lowest BCUT2D eigenvalue weighted by atomic mass is 9.79. The van der Waals surface area contributed by atoms with Crippen LogP contribution in [0.4, 0.5) is 0 Å². The smallest absolute Gasteiger partial charge is 0.253 e. The van der Waals surface area contributed by atoms with Crippen LogP contribution in [0.1, 0.15) is 43.5 Å². The van der Waals surface area contributed by atoms with Crippen molar-refractivity contribution in [1.29, 1.82) is 0 Å². The Morgan fingerprint density at radius 3 is 2.41 bits per heavy atom. The van der Waals surface area contributed by atoms with E-state index in [1.807, 2.05) is 4.90 Å². The van der Waals surface area contributed by atoms with Crippen molar-refractivity contribution in [2.24, 2.45) is 17.1 Å². The van der Waals surface area contributed by atoms with Gasteiger partial charge in [-0.2, -0.15) is 0 Å². The third kappa shape index (κ3) is 4.95. The molecule has 27 heavy (non-hydrogen) atoms. The molecular weight excluding hydrogens is 385 g/mol. The third-order valence-electron chi connectivity index (χ3n) is 5.77. The molecule has 7 heteroatoms. The van der Waals surface area contributed by atoms with Crippen LogP contribution >= 0.6 is 24.0 Å². The summed E-state index contributed by atoms with van der Waals surface area (Å²) in [6.45, 7) is 6.83. The molecule has 0 spiro atoms. The maximum atomic E-state index is 13.0. The van der Waals surface area contributed by atoms with Crippen LogP contribution in [0.3, 0.4) is 0 Å². The summed E-state index contributed by atoms with van der Waals surface area (Å²) >= 11 is 5.90. The second-order valence-electron chi connectivity index (χ2n) is 8.24. The van der Waals surface area contributed by atoms with E-state index in [0.29, 0.717) is 36.8 Å². The standard InChI is InChI=1S/C20H28ClN3O2.ClH/c1-20(2)13-24(11-9-17(20)22)19(26)15-4-3-10-23(12-15)18(25)14-5-7-16(21)8-6-14;/h5-8,15,17H,3-4,9-13,22H2,1-2H3;1H. The lowest BCUT2D eigenvalue weighted by molar-refractivity contribution is -0.140. The van der Waals surface area contributed by atoms with Gasteiger partial charge in [0.2, 0.25) is 5.91 Å². The molecule has 150 valence electrons. The first-order valence-electron chi connectivity index (χ1n) is 9.37. The van der Waals surface area contributed by atoms with Crippen molar-refractivity contribution in [3.63, 3.8) is 0 Å². The molecule has 5 nitrogen and oxygen atoms in total. The summed E-state index contributed by atoms with van der Waals surface area (Å²) < 4.78 is 0. The van der Waals surface area contributed by atoms with Gasteiger partial charge >= 0.3 is 0 Å². The maximum absolute atomic E-state index is 13.0. The lowest BCUT2D eigenvalue weighted by Crippen LogP contribution is -2.56. The Kier molecular flexibility index (Phi) is 7.17. The summed E-state index contributed by atoms with van der Waals surface area (Å²) in [5.41, 5.74) is 6.74. The molecule has 0 aliphatic carbocycles. The predicted molar refractivity (Wildman–Crippen MR) is 110 cm³/mol. The number of carbonyl (C=O) groups excluding carboxylic acids is 2. The van der Waals surface area contributed by atoms with Crippen molar-refractivity contribution < 1.29 is 9.59 Å². The van der Waals surface area contributed by atoms with Crippen LogP contribution < -0.4 is 5.73 Å². The number of nitrogens with two attached hydrogens (primary N) is 1. The molecule has 0 saturated carbocycles. The van der Waals surface area contributed by atoms with E-state index in [2.05, 4.69) is 13.8 Å². The van der Waals surface area contributed by atoms with E-state index in [9.17, 15) is 9.59 Å². The fourth-order valence-electron chi connectivity index (χ4n) is 3.96. The van der Waals surface area contributed by atoms with Crippen LogP contribution in [0.2, 0.25) is 5.02 Å². The molecule has 0 radical (unpaired) electrons. The average molecular weight is 414 g/mol. The first-order valence-corrected chi connectivity index (χ1v) is 9.75. The van der Waals surface area contributed by atoms with Gasteiger partial charge < -0.3 is 15.5 Å². The zero-order valence-electron chi connectivity index (χ0n) is 16.0. The molecule has 2 N–H and O–H groups in total. The zero-order chi connectivity index (χ0) is 18.9. The molecule has 3 rings (SSSR count). The van der Waals surface area contributed by atoms with Crippen molar-refractivity contribution in [1.82, 2.24) is 9.80 Å². The zero-order valence-corrected chi connectivity index (χ0v) is 17.6. The van der Waals surface area contributed by atoms with Crippen molar-refractivity contribution in [3.05, 3.63) is 34.9 Å². The Morgan fingerprint density at radius 2 is 1.78 bits per heavy atom. The molecule has 0 bridgehead atoms. The highest BCUT2D eigenvalue weighted by Gasteiger charge is 2.38. The summed E-state index contributed by atoms with van der Waals surface area (Å²) in [5.74, 6) is 0.0175. The normalized spacial score (nSPS) is 24.9. The Labute approximate surface area is 172 Å². The minimum absolute atomic E-state index is 0. The quantitative estimate of drug-likeness (QED) is 0.808. The minimum Gasteiger partial charge on any atom is -0.342 e. The Bertz CT molecular complexity index is 678. The van der Waals surface area contributed by atoms with Gasteiger partial charge in [0, 0.05) is 42.8 Å². The Hall–Kier alpha value is -1.30. The second-order valence-corrected chi connectivity index (χ2v) is 8.68. The van der Waals surface area contributed by atoms with Gasteiger partial charge in [0.05, 0.1) is 5.92 Å². The van der Waals surface area contributed by atoms with Crippen LogP contribution in [-0.2, 0) is 4.79 Å². The minimum atomic E-state index is -0.120. The topological polar surface area (TPSA) is 66.6 Å². The van der Waals surface area contributed by atoms with Gasteiger partial charge in [0.1, 0.15) is 0 Å². The molecule has 2 unspecified atom stereocenters. The van der Waals surface area contributed by atoms with Gasteiger partial charge in [-0.05, 0) is 48.9 Å². The van der Waals surface area contributed by atoms with E-state index in [1.54, 1.807) is 29.2 Å². The molecule has 1 aromatic rings. The van der Waals surface area contributed by atoms with Crippen LogP contribution in [0, 0.1) is 11.3 Å². The number of halogens is 2. The number of carbonyl (C=O) groups is 2. The van der Waals surface area contributed by atoms with E-state index >= 15 is 0 Å². The molecular formula is C20H29Cl2N3O2. The summed E-state index contributed by atoms with van der Waals surface area (Å²) in [6, 6.07) is 7.05. The molecule has 0 aromatic heterocycles. The average Bonchev–Trinajstić information content (AvgIpc) is 2.63. The summed E-state index contributed by atoms with van der Waals surface area (Å²) in [5, 5.41) is 0.610. The van der Waals surface area contributed by atoms with Gasteiger partial charge in [0.15, 0.2) is 0 Å². The van der Waals surface area contributed by atoms with Crippen LogP contribution in [0.15, 0.2) is 24.3 Å².